The van der Waals surface area contributed by atoms with Gasteiger partial charge in [0, 0.05) is 13.1 Å². The van der Waals surface area contributed by atoms with E-state index in [0.29, 0.717) is 0 Å². The third-order valence-corrected chi connectivity index (χ3v) is 2.03. The maximum atomic E-state index is 11.3. The van der Waals surface area contributed by atoms with Gasteiger partial charge in [0.25, 0.3) is 11.8 Å². The molecule has 0 aromatic rings. The molecule has 0 aliphatic carbocycles. The molecule has 5 N–H and O–H groups in total. The monoisotopic (exact) mass is 258 g/mol. The number of rotatable bonds is 8. The van der Waals surface area contributed by atoms with Crippen LogP contribution in [0.4, 0.5) is 0 Å². The standard InChI is InChI=1S/C11H18N2O5/c1-3-5-12-10(17)8(15)7(14)9(16)11(18)13-6-4-2/h3-4,7-9,14-16H,1-2,5-6H2,(H,12,17)(H,13,18)/t7-,8-,9+. The number of carbonyl (C=O) groups excluding carboxylic acids is 2. The lowest BCUT2D eigenvalue weighted by atomic mass is 10.1. The van der Waals surface area contributed by atoms with Gasteiger partial charge in [-0.15, -0.1) is 13.2 Å². The molecule has 0 heterocycles. The normalized spacial score (nSPS) is 15.1. The highest BCUT2D eigenvalue weighted by molar-refractivity contribution is 5.85. The van der Waals surface area contributed by atoms with Gasteiger partial charge in [-0.05, 0) is 0 Å². The van der Waals surface area contributed by atoms with Crippen molar-refractivity contribution >= 4 is 11.8 Å². The van der Waals surface area contributed by atoms with Crippen LogP contribution in [-0.2, 0) is 9.59 Å². The summed E-state index contributed by atoms with van der Waals surface area (Å²) in [5.74, 6) is -1.81. The molecule has 0 spiro atoms. The second kappa shape index (κ2) is 8.40. The molecule has 7 heteroatoms. The van der Waals surface area contributed by atoms with Crippen LogP contribution in [0, 0.1) is 0 Å². The second-order valence-electron chi connectivity index (χ2n) is 3.45. The van der Waals surface area contributed by atoms with Gasteiger partial charge in [0.2, 0.25) is 0 Å². The molecule has 18 heavy (non-hydrogen) atoms. The van der Waals surface area contributed by atoms with Crippen molar-refractivity contribution in [2.24, 2.45) is 0 Å². The average molecular weight is 258 g/mol. The molecule has 0 radical (unpaired) electrons. The van der Waals surface area contributed by atoms with Crippen LogP contribution in [0.15, 0.2) is 25.3 Å². The first kappa shape index (κ1) is 16.3. The lowest BCUT2D eigenvalue weighted by Crippen LogP contribution is -2.52. The summed E-state index contributed by atoms with van der Waals surface area (Å²) in [7, 11) is 0. The van der Waals surface area contributed by atoms with Gasteiger partial charge in [-0.1, -0.05) is 12.2 Å². The van der Waals surface area contributed by atoms with E-state index in [4.69, 9.17) is 0 Å². The second-order valence-corrected chi connectivity index (χ2v) is 3.45. The average Bonchev–Trinajstić information content (AvgIpc) is 2.39. The SMILES string of the molecule is C=CCNC(=O)[C@@H](O)[C@H](O)[C@@H](O)C(=O)NCC=C. The number of carbonyl (C=O) groups is 2. The van der Waals surface area contributed by atoms with Crippen molar-refractivity contribution in [3.05, 3.63) is 25.3 Å². The van der Waals surface area contributed by atoms with Crippen LogP contribution < -0.4 is 10.6 Å². The maximum Gasteiger partial charge on any atom is 0.251 e. The highest BCUT2D eigenvalue weighted by Gasteiger charge is 2.33. The maximum absolute atomic E-state index is 11.3. The van der Waals surface area contributed by atoms with Crippen LogP contribution in [0.25, 0.3) is 0 Å². The van der Waals surface area contributed by atoms with Crippen molar-refractivity contribution in [1.82, 2.24) is 10.6 Å². The highest BCUT2D eigenvalue weighted by atomic mass is 16.4. The first-order valence-corrected chi connectivity index (χ1v) is 5.27. The predicted molar refractivity (Wildman–Crippen MR) is 64.4 cm³/mol. The van der Waals surface area contributed by atoms with Crippen molar-refractivity contribution in [2.75, 3.05) is 13.1 Å². The van der Waals surface area contributed by atoms with E-state index < -0.39 is 30.1 Å². The molecule has 0 aliphatic rings. The smallest absolute Gasteiger partial charge is 0.251 e. The lowest BCUT2D eigenvalue weighted by Gasteiger charge is -2.21. The summed E-state index contributed by atoms with van der Waals surface area (Å²) in [6.45, 7) is 6.90. The highest BCUT2D eigenvalue weighted by Crippen LogP contribution is 2.01. The van der Waals surface area contributed by atoms with E-state index in [2.05, 4.69) is 23.8 Å². The summed E-state index contributed by atoms with van der Waals surface area (Å²) in [4.78, 5) is 22.5. The van der Waals surface area contributed by atoms with Crippen molar-refractivity contribution in [3.8, 4) is 0 Å². The van der Waals surface area contributed by atoms with Crippen molar-refractivity contribution in [3.63, 3.8) is 0 Å². The summed E-state index contributed by atoms with van der Waals surface area (Å²) in [6, 6.07) is 0. The van der Waals surface area contributed by atoms with Crippen LogP contribution in [-0.4, -0.2) is 58.5 Å². The van der Waals surface area contributed by atoms with Crippen LogP contribution >= 0.6 is 0 Å². The topological polar surface area (TPSA) is 119 Å². The molecule has 102 valence electrons. The molecule has 0 aromatic carbocycles. The minimum absolute atomic E-state index is 0.0986. The zero-order chi connectivity index (χ0) is 14.1. The Hall–Kier alpha value is -1.70. The van der Waals surface area contributed by atoms with Crippen molar-refractivity contribution in [1.29, 1.82) is 0 Å². The van der Waals surface area contributed by atoms with Crippen LogP contribution in [0.2, 0.25) is 0 Å². The molecule has 0 rings (SSSR count). The van der Waals surface area contributed by atoms with Crippen molar-refractivity contribution < 1.29 is 24.9 Å². The van der Waals surface area contributed by atoms with Crippen LogP contribution in [0.5, 0.6) is 0 Å². The first-order valence-electron chi connectivity index (χ1n) is 5.27. The minimum atomic E-state index is -1.92. The molecule has 0 aliphatic heterocycles. The van der Waals surface area contributed by atoms with Gasteiger partial charge >= 0.3 is 0 Å². The van der Waals surface area contributed by atoms with Gasteiger partial charge < -0.3 is 26.0 Å². The third kappa shape index (κ3) is 5.09. The fourth-order valence-corrected chi connectivity index (χ4v) is 1.04. The van der Waals surface area contributed by atoms with E-state index in [1.807, 2.05) is 0 Å². The Kier molecular flexibility index (Phi) is 7.61. The summed E-state index contributed by atoms with van der Waals surface area (Å²) in [6.07, 6.45) is -2.97. The van der Waals surface area contributed by atoms with Crippen molar-refractivity contribution in [2.45, 2.75) is 18.3 Å². The van der Waals surface area contributed by atoms with Crippen LogP contribution in [0.3, 0.4) is 0 Å². The largest absolute Gasteiger partial charge is 0.387 e. The molecule has 2 amide bonds. The zero-order valence-corrected chi connectivity index (χ0v) is 9.87. The molecule has 0 unspecified atom stereocenters. The van der Waals surface area contributed by atoms with Gasteiger partial charge in [0.05, 0.1) is 0 Å². The summed E-state index contributed by atoms with van der Waals surface area (Å²) in [5.41, 5.74) is 0. The number of amides is 2. The van der Waals surface area contributed by atoms with Crippen LogP contribution in [0.1, 0.15) is 0 Å². The van der Waals surface area contributed by atoms with E-state index in [0.717, 1.165) is 0 Å². The molecular weight excluding hydrogens is 240 g/mol. The molecule has 7 nitrogen and oxygen atoms in total. The van der Waals surface area contributed by atoms with E-state index in [1.165, 1.54) is 12.2 Å². The van der Waals surface area contributed by atoms with E-state index >= 15 is 0 Å². The molecule has 0 saturated carbocycles. The quantitative estimate of drug-likeness (QED) is 0.313. The Morgan fingerprint density at radius 2 is 1.28 bits per heavy atom. The summed E-state index contributed by atoms with van der Waals surface area (Å²) >= 11 is 0. The Bertz CT molecular complexity index is 289. The Labute approximate surface area is 105 Å². The fourth-order valence-electron chi connectivity index (χ4n) is 1.04. The lowest BCUT2D eigenvalue weighted by molar-refractivity contribution is -0.148. The summed E-state index contributed by atoms with van der Waals surface area (Å²) < 4.78 is 0. The predicted octanol–water partition coefficient (Wildman–Crippen LogP) is -2.33. The molecule has 0 aromatic heterocycles. The van der Waals surface area contributed by atoms with E-state index in [-0.39, 0.29) is 13.1 Å². The number of hydrogen-bond donors (Lipinski definition) is 5. The Balaban J connectivity index is 4.37. The number of nitrogens with one attached hydrogen (secondary N) is 2. The molecular formula is C11H18N2O5. The van der Waals surface area contributed by atoms with Gasteiger partial charge in [0.15, 0.2) is 12.2 Å². The molecule has 0 saturated heterocycles. The molecule has 0 fully saturated rings. The number of aliphatic hydroxyl groups is 3. The Morgan fingerprint density at radius 1 is 0.944 bits per heavy atom. The summed E-state index contributed by atoms with van der Waals surface area (Å²) in [5, 5.41) is 32.7. The molecule has 0 bridgehead atoms. The fraction of sp³-hybridized carbons (Fsp3) is 0.455. The van der Waals surface area contributed by atoms with Gasteiger partial charge in [-0.3, -0.25) is 9.59 Å². The molecule has 3 atom stereocenters. The minimum Gasteiger partial charge on any atom is -0.387 e. The Morgan fingerprint density at radius 3 is 1.56 bits per heavy atom. The third-order valence-electron chi connectivity index (χ3n) is 2.03. The number of aliphatic hydroxyl groups excluding tert-OH is 3. The van der Waals surface area contributed by atoms with Gasteiger partial charge in [-0.2, -0.15) is 0 Å². The zero-order valence-electron chi connectivity index (χ0n) is 9.87. The van der Waals surface area contributed by atoms with E-state index in [9.17, 15) is 24.9 Å². The van der Waals surface area contributed by atoms with Gasteiger partial charge in [0.1, 0.15) is 6.10 Å². The van der Waals surface area contributed by atoms with E-state index in [1.54, 1.807) is 0 Å². The van der Waals surface area contributed by atoms with Gasteiger partial charge in [-0.25, -0.2) is 0 Å². The number of hydrogen-bond acceptors (Lipinski definition) is 5. The first-order chi connectivity index (χ1) is 8.45.